The molecule has 0 saturated carbocycles. The fraction of sp³-hybridized carbons (Fsp3) is 0.294. The molecule has 0 aromatic carbocycles. The third-order valence-electron chi connectivity index (χ3n) is 3.12. The van der Waals surface area contributed by atoms with Crippen LogP contribution >= 0.6 is 11.8 Å². The number of pyridine rings is 1. The molecular formula is C17H20N5NaO2S. The summed E-state index contributed by atoms with van der Waals surface area (Å²) in [6.45, 7) is 4.00. The smallest absolute Gasteiger partial charge is 0.550 e. The van der Waals surface area contributed by atoms with Crippen molar-refractivity contribution in [3.63, 3.8) is 0 Å². The molecule has 9 heteroatoms. The van der Waals surface area contributed by atoms with Gasteiger partial charge in [-0.25, -0.2) is 9.97 Å². The van der Waals surface area contributed by atoms with Crippen molar-refractivity contribution < 1.29 is 39.5 Å². The minimum atomic E-state index is -1.07. The molecule has 0 spiro atoms. The average Bonchev–Trinajstić information content (AvgIpc) is 3.06. The van der Waals surface area contributed by atoms with E-state index >= 15 is 0 Å². The maximum absolute atomic E-state index is 10.8. The molecule has 0 radical (unpaired) electrons. The molecule has 0 fully saturated rings. The van der Waals surface area contributed by atoms with Gasteiger partial charge in [0.2, 0.25) is 5.95 Å². The molecular weight excluding hydrogens is 361 g/mol. The largest absolute Gasteiger partial charge is 1.00 e. The number of carbonyl (C=O) groups excluding carboxylic acids is 1. The fourth-order valence-corrected chi connectivity index (χ4v) is 3.25. The summed E-state index contributed by atoms with van der Waals surface area (Å²) in [5, 5.41) is 17.2. The number of hydrogen-bond donors (Lipinski definition) is 2. The summed E-state index contributed by atoms with van der Waals surface area (Å²) in [6.07, 6.45) is 5.36. The topological polar surface area (TPSA) is 103 Å². The molecule has 0 aliphatic carbocycles. The molecule has 0 saturated heterocycles. The van der Waals surface area contributed by atoms with Crippen LogP contribution in [0.5, 0.6) is 0 Å². The number of aromatic nitrogens is 3. The van der Waals surface area contributed by atoms with E-state index in [1.165, 1.54) is 11.8 Å². The van der Waals surface area contributed by atoms with Gasteiger partial charge < -0.3 is 20.5 Å². The predicted molar refractivity (Wildman–Crippen MR) is 96.9 cm³/mol. The van der Waals surface area contributed by atoms with Crippen molar-refractivity contribution in [3.05, 3.63) is 53.5 Å². The summed E-state index contributed by atoms with van der Waals surface area (Å²) < 4.78 is 0. The average molecular weight is 381 g/mol. The number of carbonyl (C=O) groups is 1. The summed E-state index contributed by atoms with van der Waals surface area (Å²) >= 11 is 1.50. The molecule has 1 aliphatic rings. The molecule has 3 heterocycles. The van der Waals surface area contributed by atoms with E-state index in [9.17, 15) is 9.90 Å². The van der Waals surface area contributed by atoms with Crippen LogP contribution in [0.2, 0.25) is 0 Å². The maximum atomic E-state index is 10.8. The van der Waals surface area contributed by atoms with Crippen LogP contribution in [0.3, 0.4) is 0 Å². The molecule has 0 amide bonds. The van der Waals surface area contributed by atoms with Gasteiger partial charge in [0, 0.05) is 29.5 Å². The minimum absolute atomic E-state index is 0. The molecule has 1 aliphatic heterocycles. The molecule has 3 rings (SSSR count). The van der Waals surface area contributed by atoms with Gasteiger partial charge >= 0.3 is 29.6 Å². The molecule has 132 valence electrons. The second-order valence-electron chi connectivity index (χ2n) is 4.74. The Kier molecular flexibility index (Phi) is 10.3. The Morgan fingerprint density at radius 2 is 1.88 bits per heavy atom. The number of anilines is 1. The number of thioether (sulfide) groups is 1. The number of hydrogen-bond acceptors (Lipinski definition) is 8. The van der Waals surface area contributed by atoms with Crippen LogP contribution in [0.1, 0.15) is 32.4 Å². The molecule has 26 heavy (non-hydrogen) atoms. The summed E-state index contributed by atoms with van der Waals surface area (Å²) in [5.41, 5.74) is 1.41. The van der Waals surface area contributed by atoms with Crippen molar-refractivity contribution >= 4 is 29.4 Å². The molecule has 2 N–H and O–H groups in total. The summed E-state index contributed by atoms with van der Waals surface area (Å²) in [4.78, 5) is 24.2. The zero-order valence-corrected chi connectivity index (χ0v) is 17.9. The zero-order valence-electron chi connectivity index (χ0n) is 15.1. The standard InChI is InChI=1S/C15H15N5O2S.C2H6.Na/c21-12(22)6-5-11-13(10-4-1-2-7-16-10)19-15(23-11)20-14-17-8-3-9-18-14;1-2;/h1-4,7-9,15,19H,5-6H2,(H,21,22)(H,17,18,20);1-2H3;/q;;+1/p-1. The first-order valence-corrected chi connectivity index (χ1v) is 8.91. The van der Waals surface area contributed by atoms with E-state index in [2.05, 4.69) is 25.6 Å². The van der Waals surface area contributed by atoms with Gasteiger partial charge in [0.05, 0.1) is 11.4 Å². The summed E-state index contributed by atoms with van der Waals surface area (Å²) in [7, 11) is 0. The van der Waals surface area contributed by atoms with Gasteiger partial charge in [-0.1, -0.05) is 31.7 Å². The van der Waals surface area contributed by atoms with Crippen molar-refractivity contribution in [2.75, 3.05) is 5.32 Å². The number of rotatable bonds is 6. The van der Waals surface area contributed by atoms with Crippen molar-refractivity contribution in [2.45, 2.75) is 32.2 Å². The van der Waals surface area contributed by atoms with Crippen LogP contribution in [0.4, 0.5) is 5.95 Å². The van der Waals surface area contributed by atoms with Gasteiger partial charge in [-0.15, -0.1) is 0 Å². The molecule has 1 atom stereocenters. The quantitative estimate of drug-likeness (QED) is 0.604. The second-order valence-corrected chi connectivity index (χ2v) is 5.94. The molecule has 2 aromatic rings. The van der Waals surface area contributed by atoms with Gasteiger partial charge in [0.25, 0.3) is 0 Å². The van der Waals surface area contributed by atoms with E-state index in [1.807, 2.05) is 32.0 Å². The van der Waals surface area contributed by atoms with Crippen LogP contribution in [-0.2, 0) is 4.79 Å². The molecule has 7 nitrogen and oxygen atoms in total. The Hall–Kier alpha value is -1.61. The van der Waals surface area contributed by atoms with E-state index in [0.29, 0.717) is 12.4 Å². The van der Waals surface area contributed by atoms with Crippen LogP contribution < -0.4 is 45.3 Å². The van der Waals surface area contributed by atoms with Crippen LogP contribution in [0.15, 0.2) is 47.8 Å². The van der Waals surface area contributed by atoms with Crippen molar-refractivity contribution in [1.29, 1.82) is 0 Å². The first kappa shape index (κ1) is 22.4. The van der Waals surface area contributed by atoms with Crippen molar-refractivity contribution in [3.8, 4) is 0 Å². The number of nitrogens with one attached hydrogen (secondary N) is 2. The predicted octanol–water partition coefficient (Wildman–Crippen LogP) is -1.17. The van der Waals surface area contributed by atoms with E-state index in [4.69, 9.17) is 0 Å². The van der Waals surface area contributed by atoms with Crippen LogP contribution in [0, 0.1) is 0 Å². The number of carboxylic acids is 1. The van der Waals surface area contributed by atoms with Gasteiger partial charge in [0.15, 0.2) is 5.50 Å². The Morgan fingerprint density at radius 1 is 1.19 bits per heavy atom. The third kappa shape index (κ3) is 6.60. The summed E-state index contributed by atoms with van der Waals surface area (Å²) in [6, 6.07) is 7.34. The normalized spacial score (nSPS) is 15.2. The first-order chi connectivity index (χ1) is 12.2. The van der Waals surface area contributed by atoms with E-state index in [-0.39, 0.29) is 41.5 Å². The third-order valence-corrected chi connectivity index (χ3v) is 4.28. The number of aliphatic carboxylic acids is 1. The van der Waals surface area contributed by atoms with Gasteiger partial charge in [-0.3, -0.25) is 4.98 Å². The van der Waals surface area contributed by atoms with Gasteiger partial charge in [-0.2, -0.15) is 0 Å². The zero-order chi connectivity index (χ0) is 18.1. The van der Waals surface area contributed by atoms with E-state index < -0.39 is 5.97 Å². The monoisotopic (exact) mass is 381 g/mol. The maximum Gasteiger partial charge on any atom is 1.00 e. The van der Waals surface area contributed by atoms with Crippen LogP contribution in [-0.4, -0.2) is 26.4 Å². The fourth-order valence-electron chi connectivity index (χ4n) is 2.13. The Bertz CT molecular complexity index is 716. The van der Waals surface area contributed by atoms with Crippen LogP contribution in [0.25, 0.3) is 5.70 Å². The summed E-state index contributed by atoms with van der Waals surface area (Å²) in [5.74, 6) is -0.569. The Balaban J connectivity index is 0.00000109. The molecule has 0 bridgehead atoms. The molecule has 2 aromatic heterocycles. The number of carboxylic acid groups (broad SMARTS) is 1. The van der Waals surface area contributed by atoms with E-state index in [1.54, 1.807) is 24.7 Å². The first-order valence-electron chi connectivity index (χ1n) is 8.03. The van der Waals surface area contributed by atoms with Crippen molar-refractivity contribution in [1.82, 2.24) is 20.3 Å². The van der Waals surface area contributed by atoms with Gasteiger partial charge in [0.1, 0.15) is 0 Å². The minimum Gasteiger partial charge on any atom is -0.550 e. The van der Waals surface area contributed by atoms with Crippen molar-refractivity contribution in [2.24, 2.45) is 0 Å². The Labute approximate surface area is 179 Å². The van der Waals surface area contributed by atoms with E-state index in [0.717, 1.165) is 16.3 Å². The second kappa shape index (κ2) is 11.9. The number of allylic oxidation sites excluding steroid dienone is 1. The van der Waals surface area contributed by atoms with Gasteiger partial charge in [-0.05, 0) is 31.0 Å². The Morgan fingerprint density at radius 3 is 2.50 bits per heavy atom. The molecule has 1 unspecified atom stereocenters. The SMILES string of the molecule is CC.O=C([O-])CCC1=C(c2ccccn2)NC(Nc2ncccn2)S1.[Na+]. The number of nitrogens with zero attached hydrogens (tertiary/aromatic N) is 3.